The summed E-state index contributed by atoms with van der Waals surface area (Å²) in [6, 6.07) is 1.35. The predicted molar refractivity (Wildman–Crippen MR) is 104 cm³/mol. The zero-order chi connectivity index (χ0) is 19.7. The van der Waals surface area contributed by atoms with Crippen molar-refractivity contribution in [2.45, 2.75) is 25.3 Å². The maximum Gasteiger partial charge on any atom is 0.341 e. The number of carboxylic acid groups (broad SMARTS) is 1. The first-order valence-electron chi connectivity index (χ1n) is 9.69. The molecule has 9 heteroatoms. The fraction of sp³-hybridized carbons (Fsp3) is 0.526. The number of pyridine rings is 2. The highest BCUT2D eigenvalue weighted by Gasteiger charge is 2.26. The lowest BCUT2D eigenvalue weighted by Gasteiger charge is -2.20. The summed E-state index contributed by atoms with van der Waals surface area (Å²) in [5.41, 5.74) is -0.969. The highest BCUT2D eigenvalue weighted by molar-refractivity contribution is 5.91. The number of H-pyrrole nitrogens is 1. The Morgan fingerprint density at radius 3 is 2.89 bits per heavy atom. The van der Waals surface area contributed by atoms with Gasteiger partial charge in [-0.2, -0.15) is 0 Å². The van der Waals surface area contributed by atoms with Crippen LogP contribution in [0.3, 0.4) is 0 Å². The van der Waals surface area contributed by atoms with Crippen LogP contribution in [0, 0.1) is 5.82 Å². The lowest BCUT2D eigenvalue weighted by molar-refractivity contribution is 0.0695. The molecule has 28 heavy (non-hydrogen) atoms. The summed E-state index contributed by atoms with van der Waals surface area (Å²) in [5, 5.41) is 12.5. The van der Waals surface area contributed by atoms with E-state index in [0.29, 0.717) is 13.1 Å². The minimum atomic E-state index is -1.35. The van der Waals surface area contributed by atoms with Crippen molar-refractivity contribution in [1.82, 2.24) is 20.2 Å². The van der Waals surface area contributed by atoms with Gasteiger partial charge in [-0.3, -0.25) is 4.79 Å². The number of fused-ring (bicyclic) bond motifs is 1. The van der Waals surface area contributed by atoms with Crippen LogP contribution in [0.1, 0.15) is 29.6 Å². The summed E-state index contributed by atoms with van der Waals surface area (Å²) in [6.07, 6.45) is 4.56. The Bertz CT molecular complexity index is 941. The minimum absolute atomic E-state index is 0.0550. The SMILES string of the molecule is O=C(O)c1c[nH]c2nc(N3CCC(NCCN4CCCC4)C3)c(F)cc2c1=O. The van der Waals surface area contributed by atoms with Gasteiger partial charge in [0.05, 0.1) is 5.39 Å². The van der Waals surface area contributed by atoms with Crippen LogP contribution in [-0.4, -0.2) is 71.3 Å². The molecule has 2 fully saturated rings. The molecular formula is C19H24FN5O3. The molecule has 1 unspecified atom stereocenters. The summed E-state index contributed by atoms with van der Waals surface area (Å²) in [6.45, 7) is 5.61. The fourth-order valence-corrected chi connectivity index (χ4v) is 4.05. The first-order chi connectivity index (χ1) is 13.5. The van der Waals surface area contributed by atoms with Gasteiger partial charge in [0.25, 0.3) is 0 Å². The molecule has 2 aliphatic heterocycles. The van der Waals surface area contributed by atoms with E-state index in [1.807, 2.05) is 4.90 Å². The number of rotatable bonds is 6. The Kier molecular flexibility index (Phi) is 5.27. The molecule has 2 aromatic heterocycles. The molecule has 4 rings (SSSR count). The molecule has 0 saturated carbocycles. The number of aromatic carboxylic acids is 1. The Hall–Kier alpha value is -2.52. The van der Waals surface area contributed by atoms with E-state index in [2.05, 4.69) is 20.2 Å². The second-order valence-corrected chi connectivity index (χ2v) is 7.46. The van der Waals surface area contributed by atoms with Crippen molar-refractivity contribution in [2.75, 3.05) is 44.2 Å². The first kappa shape index (κ1) is 18.8. The summed E-state index contributed by atoms with van der Waals surface area (Å²) in [5.74, 6) is -1.77. The number of nitrogens with zero attached hydrogens (tertiary/aromatic N) is 3. The Morgan fingerprint density at radius 1 is 1.36 bits per heavy atom. The van der Waals surface area contributed by atoms with Gasteiger partial charge in [0.15, 0.2) is 11.6 Å². The van der Waals surface area contributed by atoms with E-state index in [1.54, 1.807) is 0 Å². The summed E-state index contributed by atoms with van der Waals surface area (Å²) in [4.78, 5) is 34.6. The van der Waals surface area contributed by atoms with Crippen LogP contribution in [-0.2, 0) is 0 Å². The van der Waals surface area contributed by atoms with Gasteiger partial charge in [-0.15, -0.1) is 0 Å². The van der Waals surface area contributed by atoms with Crippen LogP contribution in [0.15, 0.2) is 17.1 Å². The molecule has 0 radical (unpaired) electrons. The number of carboxylic acids is 1. The lowest BCUT2D eigenvalue weighted by Crippen LogP contribution is -2.38. The van der Waals surface area contributed by atoms with E-state index in [1.165, 1.54) is 25.9 Å². The maximum absolute atomic E-state index is 14.6. The number of hydrogen-bond acceptors (Lipinski definition) is 6. The van der Waals surface area contributed by atoms with Crippen LogP contribution in [0.25, 0.3) is 11.0 Å². The molecular weight excluding hydrogens is 365 g/mol. The van der Waals surface area contributed by atoms with Crippen molar-refractivity contribution in [3.8, 4) is 0 Å². The van der Waals surface area contributed by atoms with E-state index >= 15 is 0 Å². The van der Waals surface area contributed by atoms with Crippen molar-refractivity contribution in [3.05, 3.63) is 33.9 Å². The molecule has 2 aromatic rings. The van der Waals surface area contributed by atoms with Gasteiger partial charge in [0.1, 0.15) is 11.2 Å². The number of likely N-dealkylation sites (tertiary alicyclic amines) is 1. The maximum atomic E-state index is 14.6. The van der Waals surface area contributed by atoms with Crippen LogP contribution < -0.4 is 15.6 Å². The second kappa shape index (κ2) is 7.84. The van der Waals surface area contributed by atoms with Crippen molar-refractivity contribution in [1.29, 1.82) is 0 Å². The first-order valence-corrected chi connectivity index (χ1v) is 9.69. The van der Waals surface area contributed by atoms with Gasteiger partial charge in [0.2, 0.25) is 5.43 Å². The number of aromatic nitrogens is 2. The summed E-state index contributed by atoms with van der Waals surface area (Å²) < 4.78 is 14.6. The van der Waals surface area contributed by atoms with Gasteiger partial charge in [0, 0.05) is 38.4 Å². The molecule has 2 saturated heterocycles. The van der Waals surface area contributed by atoms with Crippen molar-refractivity contribution in [2.24, 2.45) is 0 Å². The molecule has 0 aliphatic carbocycles. The number of hydrogen-bond donors (Lipinski definition) is 3. The van der Waals surface area contributed by atoms with E-state index in [9.17, 15) is 14.0 Å². The summed E-state index contributed by atoms with van der Waals surface area (Å²) >= 11 is 0. The van der Waals surface area contributed by atoms with Crippen LogP contribution in [0.5, 0.6) is 0 Å². The molecule has 1 atom stereocenters. The van der Waals surface area contributed by atoms with Gasteiger partial charge < -0.3 is 25.2 Å². The van der Waals surface area contributed by atoms with Crippen molar-refractivity contribution < 1.29 is 14.3 Å². The summed E-state index contributed by atoms with van der Waals surface area (Å²) in [7, 11) is 0. The van der Waals surface area contributed by atoms with E-state index < -0.39 is 22.8 Å². The smallest absolute Gasteiger partial charge is 0.341 e. The lowest BCUT2D eigenvalue weighted by atomic mass is 10.2. The monoisotopic (exact) mass is 389 g/mol. The van der Waals surface area contributed by atoms with Gasteiger partial charge in [-0.1, -0.05) is 0 Å². The molecule has 0 aromatic carbocycles. The molecule has 8 nitrogen and oxygen atoms in total. The van der Waals surface area contributed by atoms with Crippen LogP contribution >= 0.6 is 0 Å². The molecule has 4 heterocycles. The van der Waals surface area contributed by atoms with Gasteiger partial charge in [-0.05, 0) is 38.4 Å². The molecule has 2 aliphatic rings. The third-order valence-corrected chi connectivity index (χ3v) is 5.58. The highest BCUT2D eigenvalue weighted by Crippen LogP contribution is 2.24. The Morgan fingerprint density at radius 2 is 2.14 bits per heavy atom. The second-order valence-electron chi connectivity index (χ2n) is 7.46. The number of carbonyl (C=O) groups is 1. The number of halogens is 1. The molecule has 0 amide bonds. The standard InChI is InChI=1S/C19H24FN5O3/c20-15-9-13-16(26)14(19(27)28)10-22-17(13)23-18(15)25-7-3-12(11-25)21-4-8-24-5-1-2-6-24/h9-10,12,21H,1-8,11H2,(H,27,28)(H,22,23,26). The van der Waals surface area contributed by atoms with E-state index in [0.717, 1.165) is 31.8 Å². The van der Waals surface area contributed by atoms with Crippen LogP contribution in [0.2, 0.25) is 0 Å². The Labute approximate surface area is 161 Å². The molecule has 150 valence electrons. The Balaban J connectivity index is 1.45. The quantitative estimate of drug-likeness (QED) is 0.678. The van der Waals surface area contributed by atoms with E-state index in [4.69, 9.17) is 5.11 Å². The van der Waals surface area contributed by atoms with Crippen molar-refractivity contribution >= 4 is 22.8 Å². The zero-order valence-corrected chi connectivity index (χ0v) is 15.6. The van der Waals surface area contributed by atoms with Gasteiger partial charge in [-0.25, -0.2) is 14.2 Å². The normalized spacial score (nSPS) is 20.3. The van der Waals surface area contributed by atoms with E-state index in [-0.39, 0.29) is 22.9 Å². The van der Waals surface area contributed by atoms with Crippen LogP contribution in [0.4, 0.5) is 10.2 Å². The fourth-order valence-electron chi connectivity index (χ4n) is 4.05. The number of anilines is 1. The highest BCUT2D eigenvalue weighted by atomic mass is 19.1. The van der Waals surface area contributed by atoms with Crippen molar-refractivity contribution in [3.63, 3.8) is 0 Å². The number of aromatic amines is 1. The average molecular weight is 389 g/mol. The molecule has 0 bridgehead atoms. The molecule has 3 N–H and O–H groups in total. The molecule has 0 spiro atoms. The average Bonchev–Trinajstić information content (AvgIpc) is 3.34. The third-order valence-electron chi connectivity index (χ3n) is 5.58. The number of nitrogens with one attached hydrogen (secondary N) is 2. The largest absolute Gasteiger partial charge is 0.477 e. The topological polar surface area (TPSA) is 102 Å². The predicted octanol–water partition coefficient (Wildman–Crippen LogP) is 1.02. The van der Waals surface area contributed by atoms with Gasteiger partial charge >= 0.3 is 5.97 Å². The zero-order valence-electron chi connectivity index (χ0n) is 15.6. The minimum Gasteiger partial charge on any atom is -0.477 e. The third kappa shape index (κ3) is 3.72.